The third-order valence-corrected chi connectivity index (χ3v) is 4.56. The molecular weight excluding hydrogens is 296 g/mol. The number of nitrogens with zero attached hydrogens (tertiary/aromatic N) is 1. The maximum atomic E-state index is 5.62. The third kappa shape index (κ3) is 3.16. The lowest BCUT2D eigenvalue weighted by Crippen LogP contribution is -2.26. The monoisotopic (exact) mass is 322 g/mol. The van der Waals surface area contributed by atoms with Gasteiger partial charge in [-0.2, -0.15) is 0 Å². The van der Waals surface area contributed by atoms with Crippen molar-refractivity contribution >= 4 is 17.0 Å². The molecule has 1 N–H and O–H groups in total. The van der Waals surface area contributed by atoms with Gasteiger partial charge < -0.3 is 9.72 Å². The van der Waals surface area contributed by atoms with Crippen LogP contribution < -0.4 is 15.3 Å². The van der Waals surface area contributed by atoms with E-state index in [0.29, 0.717) is 0 Å². The Balaban J connectivity index is 2.22. The second-order valence-electron chi connectivity index (χ2n) is 6.67. The number of hydrogen-bond acceptors (Lipinski definition) is 2. The summed E-state index contributed by atoms with van der Waals surface area (Å²) < 4.78 is 5.62. The number of fused-ring (bicyclic) bond motifs is 1. The Morgan fingerprint density at radius 2 is 1.96 bits per heavy atom. The van der Waals surface area contributed by atoms with Crippen molar-refractivity contribution in [2.45, 2.75) is 47.5 Å². The van der Waals surface area contributed by atoms with Crippen molar-refractivity contribution in [1.82, 2.24) is 4.98 Å². The lowest BCUT2D eigenvalue weighted by Gasteiger charge is -2.02. The minimum absolute atomic E-state index is 0.792. The number of aromatic amines is 1. The van der Waals surface area contributed by atoms with Crippen LogP contribution in [0.25, 0.3) is 22.5 Å². The molecule has 2 heterocycles. The second kappa shape index (κ2) is 6.68. The van der Waals surface area contributed by atoms with Crippen LogP contribution in [0.4, 0.5) is 0 Å². The van der Waals surface area contributed by atoms with E-state index >= 15 is 0 Å². The van der Waals surface area contributed by atoms with Gasteiger partial charge in [0.15, 0.2) is 0 Å². The van der Waals surface area contributed by atoms with Crippen LogP contribution in [0.1, 0.15) is 46.6 Å². The molecule has 0 saturated heterocycles. The first-order chi connectivity index (χ1) is 11.5. The van der Waals surface area contributed by atoms with E-state index in [1.54, 1.807) is 0 Å². The first-order valence-electron chi connectivity index (χ1n) is 8.67. The van der Waals surface area contributed by atoms with Crippen LogP contribution in [-0.2, 0) is 6.42 Å². The van der Waals surface area contributed by atoms with Gasteiger partial charge in [-0.05, 0) is 69.5 Å². The van der Waals surface area contributed by atoms with Gasteiger partial charge in [0.05, 0.1) is 17.7 Å². The quantitative estimate of drug-likeness (QED) is 0.857. The highest BCUT2D eigenvalue weighted by Crippen LogP contribution is 2.29. The molecule has 3 rings (SSSR count). The smallest absolute Gasteiger partial charge is 0.122 e. The first-order valence-corrected chi connectivity index (χ1v) is 8.67. The molecule has 3 nitrogen and oxygen atoms in total. The third-order valence-electron chi connectivity index (χ3n) is 4.56. The topological polar surface area (TPSA) is 37.4 Å². The molecule has 1 aliphatic heterocycles. The summed E-state index contributed by atoms with van der Waals surface area (Å²) in [6.45, 7) is 11.3. The van der Waals surface area contributed by atoms with E-state index in [2.05, 4.69) is 55.0 Å². The molecule has 0 unspecified atom stereocenters. The number of aromatic nitrogens is 1. The molecule has 0 saturated carbocycles. The van der Waals surface area contributed by atoms with Gasteiger partial charge in [-0.15, -0.1) is 0 Å². The minimum atomic E-state index is 0.792. The summed E-state index contributed by atoms with van der Waals surface area (Å²) in [5, 5.41) is 2.40. The van der Waals surface area contributed by atoms with Gasteiger partial charge in [-0.25, -0.2) is 0 Å². The van der Waals surface area contributed by atoms with Crippen LogP contribution >= 0.6 is 0 Å². The van der Waals surface area contributed by atoms with Gasteiger partial charge in [-0.1, -0.05) is 12.5 Å². The van der Waals surface area contributed by atoms with E-state index < -0.39 is 0 Å². The average molecular weight is 322 g/mol. The maximum absolute atomic E-state index is 5.62. The Morgan fingerprint density at radius 3 is 2.67 bits per heavy atom. The first kappa shape index (κ1) is 16.6. The van der Waals surface area contributed by atoms with Crippen molar-refractivity contribution in [3.63, 3.8) is 0 Å². The van der Waals surface area contributed by atoms with E-state index in [9.17, 15) is 0 Å². The summed E-state index contributed by atoms with van der Waals surface area (Å²) in [6, 6.07) is 8.72. The van der Waals surface area contributed by atoms with Crippen molar-refractivity contribution in [2.24, 2.45) is 4.99 Å². The molecule has 0 atom stereocenters. The Labute approximate surface area is 143 Å². The second-order valence-corrected chi connectivity index (χ2v) is 6.67. The molecule has 1 aromatic carbocycles. The van der Waals surface area contributed by atoms with Crippen molar-refractivity contribution in [3.05, 3.63) is 40.4 Å². The van der Waals surface area contributed by atoms with Crippen LogP contribution in [0.15, 0.2) is 29.3 Å². The molecule has 1 aliphatic rings. The summed E-state index contributed by atoms with van der Waals surface area (Å²) in [4.78, 5) is 8.26. The summed E-state index contributed by atoms with van der Waals surface area (Å²) in [5.74, 6) is 1.02. The summed E-state index contributed by atoms with van der Waals surface area (Å²) >= 11 is 0. The molecule has 3 heteroatoms. The van der Waals surface area contributed by atoms with Gasteiger partial charge in [0.25, 0.3) is 0 Å². The number of H-pyrrole nitrogens is 1. The standard InChI is InChI=1S/C21H26N2O/c1-6-14(4)18-12-19(23-21(18)15(5)22-13(2)3)16-7-8-20-17(11-16)9-10-24-20/h7-8,11-12,23H,6,9-10H2,1-5H3/b18-14+,21-15+. The van der Waals surface area contributed by atoms with E-state index in [1.165, 1.54) is 21.9 Å². The Morgan fingerprint density at radius 1 is 1.17 bits per heavy atom. The predicted octanol–water partition coefficient (Wildman–Crippen LogP) is 3.81. The van der Waals surface area contributed by atoms with Crippen LogP contribution in [-0.4, -0.2) is 17.3 Å². The Hall–Kier alpha value is -2.29. The number of nitrogens with one attached hydrogen (secondary N) is 1. The molecule has 0 amide bonds. The number of hydrogen-bond donors (Lipinski definition) is 1. The molecule has 0 bridgehead atoms. The Kier molecular flexibility index (Phi) is 4.61. The molecule has 1 aromatic heterocycles. The zero-order valence-electron chi connectivity index (χ0n) is 15.3. The normalized spacial score (nSPS) is 15.5. The molecular formula is C21H26N2O. The van der Waals surface area contributed by atoms with E-state index in [0.717, 1.165) is 47.6 Å². The van der Waals surface area contributed by atoms with Crippen LogP contribution in [0.2, 0.25) is 0 Å². The highest BCUT2D eigenvalue weighted by molar-refractivity contribution is 5.83. The van der Waals surface area contributed by atoms with E-state index in [1.807, 2.05) is 13.8 Å². The van der Waals surface area contributed by atoms with E-state index in [4.69, 9.17) is 4.74 Å². The molecule has 0 spiro atoms. The van der Waals surface area contributed by atoms with Gasteiger partial charge in [0.2, 0.25) is 0 Å². The highest BCUT2D eigenvalue weighted by Gasteiger charge is 2.13. The Bertz CT molecular complexity index is 912. The van der Waals surface area contributed by atoms with Crippen molar-refractivity contribution in [2.75, 3.05) is 6.61 Å². The predicted molar refractivity (Wildman–Crippen MR) is 102 cm³/mol. The fourth-order valence-electron chi connectivity index (χ4n) is 3.17. The number of benzene rings is 1. The van der Waals surface area contributed by atoms with Crippen LogP contribution in [0, 0.1) is 0 Å². The summed E-state index contributed by atoms with van der Waals surface area (Å²) in [5.41, 5.74) is 7.13. The number of aliphatic imine (C=N–C) groups is 1. The van der Waals surface area contributed by atoms with Crippen LogP contribution in [0.3, 0.4) is 0 Å². The van der Waals surface area contributed by atoms with Crippen molar-refractivity contribution in [1.29, 1.82) is 0 Å². The number of ether oxygens (including phenoxy) is 1. The zero-order chi connectivity index (χ0) is 17.3. The molecule has 0 aliphatic carbocycles. The van der Waals surface area contributed by atoms with Crippen molar-refractivity contribution in [3.8, 4) is 17.0 Å². The molecule has 24 heavy (non-hydrogen) atoms. The lowest BCUT2D eigenvalue weighted by molar-refractivity contribution is 0.357. The van der Waals surface area contributed by atoms with Crippen molar-refractivity contribution < 1.29 is 4.74 Å². The molecule has 2 aromatic rings. The van der Waals surface area contributed by atoms with Crippen LogP contribution in [0.5, 0.6) is 5.75 Å². The molecule has 0 fully saturated rings. The highest BCUT2D eigenvalue weighted by atomic mass is 16.5. The maximum Gasteiger partial charge on any atom is 0.122 e. The fourth-order valence-corrected chi connectivity index (χ4v) is 3.17. The largest absolute Gasteiger partial charge is 0.493 e. The zero-order valence-corrected chi connectivity index (χ0v) is 15.3. The fraction of sp³-hybridized carbons (Fsp3) is 0.381. The minimum Gasteiger partial charge on any atom is -0.493 e. The molecule has 0 radical (unpaired) electrons. The average Bonchev–Trinajstić information content (AvgIpc) is 3.19. The lowest BCUT2D eigenvalue weighted by atomic mass is 10.1. The van der Waals surface area contributed by atoms with Gasteiger partial charge >= 0.3 is 0 Å². The SMILES string of the molecule is CC/C(C)=c1\cc(-c2ccc3c(c2)CCO3)[nH]\c1=C(/C)N=C(C)C. The number of rotatable bonds is 3. The van der Waals surface area contributed by atoms with Gasteiger partial charge in [-0.3, -0.25) is 4.99 Å². The summed E-state index contributed by atoms with van der Waals surface area (Å²) in [7, 11) is 0. The van der Waals surface area contributed by atoms with Gasteiger partial charge in [0.1, 0.15) is 5.75 Å². The molecule has 126 valence electrons. The van der Waals surface area contributed by atoms with Gasteiger partial charge in [0, 0.05) is 23.0 Å². The van der Waals surface area contributed by atoms with E-state index in [-0.39, 0.29) is 0 Å². The summed E-state index contributed by atoms with van der Waals surface area (Å²) in [6.07, 6.45) is 2.03.